The Bertz CT molecular complexity index is 1330. The van der Waals surface area contributed by atoms with E-state index >= 15 is 0 Å². The molecule has 1 unspecified atom stereocenters. The molecular formula is C29H34ClN3O4S. The molecule has 1 atom stereocenters. The molecule has 3 aromatic carbocycles. The van der Waals surface area contributed by atoms with Crippen molar-refractivity contribution in [1.29, 1.82) is 0 Å². The molecular weight excluding hydrogens is 522 g/mol. The van der Waals surface area contributed by atoms with E-state index in [0.29, 0.717) is 22.8 Å². The van der Waals surface area contributed by atoms with Crippen LogP contribution in [0.2, 0.25) is 5.02 Å². The number of nitrogens with one attached hydrogen (secondary N) is 1. The van der Waals surface area contributed by atoms with Gasteiger partial charge in [-0.3, -0.25) is 13.9 Å². The second-order valence-electron chi connectivity index (χ2n) is 9.04. The zero-order valence-corrected chi connectivity index (χ0v) is 23.5. The van der Waals surface area contributed by atoms with Crippen LogP contribution >= 0.6 is 11.6 Å². The number of hydrogen-bond donors (Lipinski definition) is 1. The number of amides is 2. The lowest BCUT2D eigenvalue weighted by atomic mass is 10.1. The van der Waals surface area contributed by atoms with Crippen LogP contribution in [0.1, 0.15) is 37.8 Å². The summed E-state index contributed by atoms with van der Waals surface area (Å²) in [5, 5.41) is 3.26. The van der Waals surface area contributed by atoms with Crippen molar-refractivity contribution < 1.29 is 18.0 Å². The van der Waals surface area contributed by atoms with Crippen molar-refractivity contribution in [3.63, 3.8) is 0 Å². The lowest BCUT2D eigenvalue weighted by Crippen LogP contribution is -2.51. The molecule has 0 aliphatic rings. The highest BCUT2D eigenvalue weighted by Crippen LogP contribution is 2.31. The normalized spacial score (nSPS) is 12.0. The van der Waals surface area contributed by atoms with E-state index in [1.54, 1.807) is 50.2 Å². The van der Waals surface area contributed by atoms with Crippen molar-refractivity contribution in [1.82, 2.24) is 10.2 Å². The second-order valence-corrected chi connectivity index (χ2v) is 11.3. The van der Waals surface area contributed by atoms with Crippen molar-refractivity contribution in [3.8, 4) is 0 Å². The molecule has 3 aromatic rings. The number of benzene rings is 3. The highest BCUT2D eigenvalue weighted by Gasteiger charge is 2.33. The molecule has 0 saturated heterocycles. The van der Waals surface area contributed by atoms with E-state index in [0.717, 1.165) is 22.7 Å². The summed E-state index contributed by atoms with van der Waals surface area (Å²) in [6.07, 6.45) is 1.74. The van der Waals surface area contributed by atoms with Crippen molar-refractivity contribution in [2.24, 2.45) is 0 Å². The fourth-order valence-corrected chi connectivity index (χ4v) is 5.66. The molecule has 0 bridgehead atoms. The Kier molecular flexibility index (Phi) is 10.3. The first-order chi connectivity index (χ1) is 18.2. The number of anilines is 1. The number of hydrogen-bond acceptors (Lipinski definition) is 4. The van der Waals surface area contributed by atoms with Gasteiger partial charge in [-0.2, -0.15) is 0 Å². The molecule has 3 rings (SSSR count). The number of nitrogens with zero attached hydrogens (tertiary/aromatic N) is 2. The highest BCUT2D eigenvalue weighted by atomic mass is 35.5. The van der Waals surface area contributed by atoms with Gasteiger partial charge in [-0.05, 0) is 55.7 Å². The van der Waals surface area contributed by atoms with Gasteiger partial charge in [0.2, 0.25) is 11.8 Å². The first-order valence-corrected chi connectivity index (χ1v) is 14.4. The Labute approximate surface area is 230 Å². The molecule has 38 heavy (non-hydrogen) atoms. The maximum absolute atomic E-state index is 13.9. The summed E-state index contributed by atoms with van der Waals surface area (Å²) in [4.78, 5) is 28.3. The minimum absolute atomic E-state index is 0.0483. The Morgan fingerprint density at radius 1 is 0.947 bits per heavy atom. The molecule has 0 spiro atoms. The number of carbonyl (C=O) groups is 2. The van der Waals surface area contributed by atoms with Crippen LogP contribution in [0.25, 0.3) is 0 Å². The molecule has 2 amide bonds. The van der Waals surface area contributed by atoms with Crippen LogP contribution in [0.15, 0.2) is 83.8 Å². The predicted octanol–water partition coefficient (Wildman–Crippen LogP) is 5.18. The summed E-state index contributed by atoms with van der Waals surface area (Å²) in [5.41, 5.74) is 1.65. The van der Waals surface area contributed by atoms with Gasteiger partial charge in [0.15, 0.2) is 0 Å². The fourth-order valence-electron chi connectivity index (χ4n) is 4.00. The van der Waals surface area contributed by atoms with Crippen LogP contribution < -0.4 is 9.62 Å². The standard InChI is InChI=1S/C29H34ClN3O4S/c1-4-5-19-31-29(35)23(3)32(20-24-13-8-6-9-14-24)28(34)21-33(27-18-12-17-26(30)22(27)2)38(36,37)25-15-10-7-11-16-25/h6-18,23H,4-5,19-21H2,1-3H3,(H,31,35). The molecule has 0 fully saturated rings. The van der Waals surface area contributed by atoms with Gasteiger partial charge in [-0.15, -0.1) is 0 Å². The monoisotopic (exact) mass is 555 g/mol. The Balaban J connectivity index is 2.01. The van der Waals surface area contributed by atoms with Gasteiger partial charge in [0.05, 0.1) is 10.6 Å². The molecule has 7 nitrogen and oxygen atoms in total. The van der Waals surface area contributed by atoms with Crippen LogP contribution in [-0.4, -0.2) is 44.3 Å². The minimum Gasteiger partial charge on any atom is -0.354 e. The Morgan fingerprint density at radius 2 is 1.58 bits per heavy atom. The largest absolute Gasteiger partial charge is 0.354 e. The topological polar surface area (TPSA) is 86.8 Å². The summed E-state index contributed by atoms with van der Waals surface area (Å²) in [6, 6.07) is 21.4. The van der Waals surface area contributed by atoms with E-state index in [2.05, 4.69) is 5.32 Å². The molecule has 0 aliphatic carbocycles. The van der Waals surface area contributed by atoms with Crippen LogP contribution in [0.5, 0.6) is 0 Å². The van der Waals surface area contributed by atoms with Crippen LogP contribution in [0.3, 0.4) is 0 Å². The quantitative estimate of drug-likeness (QED) is 0.312. The lowest BCUT2D eigenvalue weighted by molar-refractivity contribution is -0.139. The Morgan fingerprint density at radius 3 is 2.21 bits per heavy atom. The summed E-state index contributed by atoms with van der Waals surface area (Å²) >= 11 is 6.34. The molecule has 0 aromatic heterocycles. The third kappa shape index (κ3) is 7.14. The van der Waals surface area contributed by atoms with Crippen LogP contribution in [-0.2, 0) is 26.2 Å². The average molecular weight is 556 g/mol. The van der Waals surface area contributed by atoms with Crippen LogP contribution in [0, 0.1) is 6.92 Å². The van der Waals surface area contributed by atoms with Gasteiger partial charge in [-0.1, -0.05) is 79.5 Å². The van der Waals surface area contributed by atoms with Crippen molar-refractivity contribution in [2.75, 3.05) is 17.4 Å². The zero-order valence-electron chi connectivity index (χ0n) is 21.9. The molecule has 0 saturated carbocycles. The number of unbranched alkanes of at least 4 members (excludes halogenated alkanes) is 1. The number of sulfonamides is 1. The molecule has 1 N–H and O–H groups in total. The summed E-state index contributed by atoms with van der Waals surface area (Å²) in [5.74, 6) is -0.801. The maximum Gasteiger partial charge on any atom is 0.264 e. The number of carbonyl (C=O) groups excluding carboxylic acids is 2. The molecule has 0 heterocycles. The average Bonchev–Trinajstić information content (AvgIpc) is 2.92. The van der Waals surface area contributed by atoms with E-state index < -0.39 is 28.5 Å². The van der Waals surface area contributed by atoms with E-state index in [9.17, 15) is 18.0 Å². The van der Waals surface area contributed by atoms with E-state index in [1.807, 2.05) is 37.3 Å². The third-order valence-corrected chi connectivity index (χ3v) is 8.49. The zero-order chi connectivity index (χ0) is 27.7. The van der Waals surface area contributed by atoms with E-state index in [-0.39, 0.29) is 17.3 Å². The van der Waals surface area contributed by atoms with Gasteiger partial charge in [0, 0.05) is 18.1 Å². The summed E-state index contributed by atoms with van der Waals surface area (Å²) in [6.45, 7) is 5.54. The van der Waals surface area contributed by atoms with Gasteiger partial charge in [0.1, 0.15) is 12.6 Å². The smallest absolute Gasteiger partial charge is 0.264 e. The molecule has 0 aliphatic heterocycles. The van der Waals surface area contributed by atoms with Crippen molar-refractivity contribution >= 4 is 39.1 Å². The van der Waals surface area contributed by atoms with Gasteiger partial charge in [-0.25, -0.2) is 8.42 Å². The van der Waals surface area contributed by atoms with Crippen LogP contribution in [0.4, 0.5) is 5.69 Å². The first-order valence-electron chi connectivity index (χ1n) is 12.6. The summed E-state index contributed by atoms with van der Waals surface area (Å²) in [7, 11) is -4.13. The van der Waals surface area contributed by atoms with Crippen molar-refractivity contribution in [2.45, 2.75) is 51.1 Å². The lowest BCUT2D eigenvalue weighted by Gasteiger charge is -2.32. The van der Waals surface area contributed by atoms with Gasteiger partial charge < -0.3 is 10.2 Å². The highest BCUT2D eigenvalue weighted by molar-refractivity contribution is 7.92. The number of halogens is 1. The number of rotatable bonds is 12. The summed E-state index contributed by atoms with van der Waals surface area (Å²) < 4.78 is 28.7. The fraction of sp³-hybridized carbons (Fsp3) is 0.310. The van der Waals surface area contributed by atoms with Gasteiger partial charge in [0.25, 0.3) is 10.0 Å². The maximum atomic E-state index is 13.9. The molecule has 9 heteroatoms. The third-order valence-electron chi connectivity index (χ3n) is 6.31. The minimum atomic E-state index is -4.13. The van der Waals surface area contributed by atoms with Crippen molar-refractivity contribution in [3.05, 3.63) is 95.0 Å². The van der Waals surface area contributed by atoms with Gasteiger partial charge >= 0.3 is 0 Å². The second kappa shape index (κ2) is 13.4. The van der Waals surface area contributed by atoms with E-state index in [4.69, 9.17) is 11.6 Å². The molecule has 202 valence electrons. The SMILES string of the molecule is CCCCNC(=O)C(C)N(Cc1ccccc1)C(=O)CN(c1cccc(Cl)c1C)S(=O)(=O)c1ccccc1. The first kappa shape index (κ1) is 29.2. The Hall–Kier alpha value is -3.36. The molecule has 0 radical (unpaired) electrons. The predicted molar refractivity (Wildman–Crippen MR) is 152 cm³/mol. The van der Waals surface area contributed by atoms with E-state index in [1.165, 1.54) is 17.0 Å².